The van der Waals surface area contributed by atoms with E-state index in [1.54, 1.807) is 42.9 Å². The molecular weight excluding hydrogens is 469 g/mol. The number of rotatable bonds is 4. The quantitative estimate of drug-likeness (QED) is 0.420. The van der Waals surface area contributed by atoms with E-state index in [-0.39, 0.29) is 5.82 Å². The molecule has 1 fully saturated rings. The van der Waals surface area contributed by atoms with Gasteiger partial charge in [-0.1, -0.05) is 17.9 Å². The summed E-state index contributed by atoms with van der Waals surface area (Å²) < 4.78 is 14.8. The Balaban J connectivity index is 1.28. The highest BCUT2D eigenvalue weighted by molar-refractivity contribution is 6.04. The summed E-state index contributed by atoms with van der Waals surface area (Å²) in [7, 11) is 2.09. The van der Waals surface area contributed by atoms with Crippen LogP contribution in [0.15, 0.2) is 61.2 Å². The first kappa shape index (κ1) is 24.3. The Morgan fingerprint density at radius 1 is 1.08 bits per heavy atom. The second-order valence-electron chi connectivity index (χ2n) is 9.01. The molecule has 0 spiro atoms. The molecule has 0 bridgehead atoms. The van der Waals surface area contributed by atoms with Gasteiger partial charge in [0, 0.05) is 79.7 Å². The van der Waals surface area contributed by atoms with Crippen LogP contribution in [0.1, 0.15) is 27.0 Å². The molecule has 9 heteroatoms. The molecule has 37 heavy (non-hydrogen) atoms. The molecule has 3 N–H and O–H groups in total. The molecule has 1 aliphatic rings. The molecule has 3 aromatic heterocycles. The van der Waals surface area contributed by atoms with Crippen molar-refractivity contribution in [2.45, 2.75) is 6.54 Å². The van der Waals surface area contributed by atoms with E-state index in [1.807, 2.05) is 6.07 Å². The second kappa shape index (κ2) is 10.7. The molecule has 0 atom stereocenters. The summed E-state index contributed by atoms with van der Waals surface area (Å²) in [6.07, 6.45) is 6.26. The van der Waals surface area contributed by atoms with Crippen molar-refractivity contribution in [1.82, 2.24) is 24.8 Å². The normalized spacial score (nSPS) is 14.2. The van der Waals surface area contributed by atoms with Crippen molar-refractivity contribution in [2.24, 2.45) is 0 Å². The smallest absolute Gasteiger partial charge is 0.257 e. The van der Waals surface area contributed by atoms with Crippen LogP contribution >= 0.6 is 0 Å². The number of nitrogens with one attached hydrogen (secondary N) is 1. The van der Waals surface area contributed by atoms with Crippen molar-refractivity contribution >= 4 is 28.3 Å². The number of nitrogen functional groups attached to an aromatic ring is 1. The number of nitrogens with two attached hydrogens (primary N) is 1. The zero-order valence-electron chi connectivity index (χ0n) is 20.4. The largest absolute Gasteiger partial charge is 0.382 e. The Kier molecular flexibility index (Phi) is 7.03. The Morgan fingerprint density at radius 2 is 1.92 bits per heavy atom. The predicted octanol–water partition coefficient (Wildman–Crippen LogP) is 3.15. The second-order valence-corrected chi connectivity index (χ2v) is 9.01. The van der Waals surface area contributed by atoms with Gasteiger partial charge in [0.15, 0.2) is 0 Å². The van der Waals surface area contributed by atoms with Gasteiger partial charge in [-0.3, -0.25) is 19.7 Å². The van der Waals surface area contributed by atoms with Gasteiger partial charge in [0.25, 0.3) is 5.91 Å². The summed E-state index contributed by atoms with van der Waals surface area (Å²) in [6, 6.07) is 10.1. The number of nitrogens with zero attached hydrogens (tertiary/aromatic N) is 5. The van der Waals surface area contributed by atoms with Crippen LogP contribution < -0.4 is 11.1 Å². The number of carbonyl (C=O) groups excluding carboxylic acids is 1. The summed E-state index contributed by atoms with van der Waals surface area (Å²) in [6.45, 7) is 4.30. The maximum Gasteiger partial charge on any atom is 0.257 e. The topological polar surface area (TPSA) is 100 Å². The number of carbonyl (C=O) groups is 1. The van der Waals surface area contributed by atoms with E-state index in [9.17, 15) is 9.18 Å². The molecular formula is C28H26FN7O. The van der Waals surface area contributed by atoms with Crippen LogP contribution in [0, 0.1) is 17.7 Å². The van der Waals surface area contributed by atoms with E-state index < -0.39 is 5.91 Å². The van der Waals surface area contributed by atoms with E-state index >= 15 is 0 Å². The van der Waals surface area contributed by atoms with Crippen molar-refractivity contribution in [3.05, 3.63) is 89.3 Å². The summed E-state index contributed by atoms with van der Waals surface area (Å²) in [5.74, 6) is 5.68. The number of amides is 1. The van der Waals surface area contributed by atoms with Gasteiger partial charge in [-0.25, -0.2) is 9.37 Å². The van der Waals surface area contributed by atoms with E-state index in [0.29, 0.717) is 45.8 Å². The van der Waals surface area contributed by atoms with Crippen LogP contribution in [-0.2, 0) is 6.54 Å². The maximum atomic E-state index is 14.8. The van der Waals surface area contributed by atoms with Gasteiger partial charge in [0.05, 0.1) is 11.1 Å². The van der Waals surface area contributed by atoms with Gasteiger partial charge in [-0.05, 0) is 37.4 Å². The number of pyridine rings is 3. The Labute approximate surface area is 214 Å². The molecule has 4 aromatic rings. The maximum absolute atomic E-state index is 14.8. The van der Waals surface area contributed by atoms with E-state index in [2.05, 4.69) is 49.0 Å². The number of halogens is 1. The third-order valence-electron chi connectivity index (χ3n) is 6.32. The van der Waals surface area contributed by atoms with Gasteiger partial charge in [0.2, 0.25) is 0 Å². The van der Waals surface area contributed by atoms with Crippen LogP contribution in [0.4, 0.5) is 15.9 Å². The molecule has 0 saturated carbocycles. The van der Waals surface area contributed by atoms with Gasteiger partial charge >= 0.3 is 0 Å². The monoisotopic (exact) mass is 495 g/mol. The minimum Gasteiger partial charge on any atom is -0.382 e. The third-order valence-corrected chi connectivity index (χ3v) is 6.32. The standard InChI is InChI=1S/C28H26FN7O/c1-35-9-11-36(12-10-35)18-21-6-7-23(14-25(21)29)34-28(37)22-13-19(15-31-16-22)4-5-20-17-33-27(30)26-24(20)3-2-8-32-26/h2-3,6-8,13-17H,9-12,18H2,1H3,(H2,30,33)(H,34,37). The van der Waals surface area contributed by atoms with Gasteiger partial charge in [-0.2, -0.15) is 0 Å². The van der Waals surface area contributed by atoms with E-state index in [4.69, 9.17) is 5.73 Å². The fourth-order valence-electron chi connectivity index (χ4n) is 4.17. The fourth-order valence-corrected chi connectivity index (χ4v) is 4.17. The average Bonchev–Trinajstić information content (AvgIpc) is 2.91. The highest BCUT2D eigenvalue weighted by atomic mass is 19.1. The van der Waals surface area contributed by atoms with E-state index in [0.717, 1.165) is 31.6 Å². The van der Waals surface area contributed by atoms with E-state index in [1.165, 1.54) is 12.3 Å². The van der Waals surface area contributed by atoms with Gasteiger partial charge in [0.1, 0.15) is 17.2 Å². The highest BCUT2D eigenvalue weighted by Gasteiger charge is 2.16. The molecule has 1 amide bonds. The summed E-state index contributed by atoms with van der Waals surface area (Å²) >= 11 is 0. The lowest BCUT2D eigenvalue weighted by Crippen LogP contribution is -2.44. The first-order valence-electron chi connectivity index (χ1n) is 11.9. The molecule has 4 heterocycles. The lowest BCUT2D eigenvalue weighted by molar-refractivity contribution is 0.102. The minimum atomic E-state index is -0.397. The molecule has 1 aromatic carbocycles. The minimum absolute atomic E-state index is 0.315. The molecule has 0 aliphatic carbocycles. The first-order valence-corrected chi connectivity index (χ1v) is 11.9. The zero-order valence-corrected chi connectivity index (χ0v) is 20.4. The molecule has 5 rings (SSSR count). The molecule has 186 valence electrons. The predicted molar refractivity (Wildman–Crippen MR) is 141 cm³/mol. The van der Waals surface area contributed by atoms with Crippen LogP contribution in [0.3, 0.4) is 0 Å². The van der Waals surface area contributed by atoms with Crippen LogP contribution in [0.2, 0.25) is 0 Å². The first-order chi connectivity index (χ1) is 18.0. The molecule has 0 radical (unpaired) electrons. The summed E-state index contributed by atoms with van der Waals surface area (Å²) in [4.78, 5) is 29.9. The van der Waals surface area contributed by atoms with Crippen LogP contribution in [-0.4, -0.2) is 63.9 Å². The summed E-state index contributed by atoms with van der Waals surface area (Å²) in [5.41, 5.74) is 9.02. The average molecular weight is 496 g/mol. The van der Waals surface area contributed by atoms with Crippen molar-refractivity contribution in [3.63, 3.8) is 0 Å². The molecule has 8 nitrogen and oxygen atoms in total. The number of fused-ring (bicyclic) bond motifs is 1. The molecule has 1 saturated heterocycles. The lowest BCUT2D eigenvalue weighted by Gasteiger charge is -2.32. The van der Waals surface area contributed by atoms with Crippen LogP contribution in [0.5, 0.6) is 0 Å². The third kappa shape index (κ3) is 5.72. The van der Waals surface area contributed by atoms with Gasteiger partial charge in [-0.15, -0.1) is 0 Å². The highest BCUT2D eigenvalue weighted by Crippen LogP contribution is 2.20. The number of likely N-dealkylation sites (N-methyl/N-ethyl adjacent to an activating group) is 1. The Bertz CT molecular complexity index is 1520. The number of anilines is 2. The van der Waals surface area contributed by atoms with Crippen molar-refractivity contribution in [3.8, 4) is 11.8 Å². The summed E-state index contributed by atoms with van der Waals surface area (Å²) in [5, 5.41) is 3.54. The Hall–Kier alpha value is -4.39. The fraction of sp³-hybridized carbons (Fsp3) is 0.214. The number of piperazine rings is 1. The molecule has 1 aliphatic heterocycles. The van der Waals surface area contributed by atoms with Crippen molar-refractivity contribution < 1.29 is 9.18 Å². The van der Waals surface area contributed by atoms with Crippen LogP contribution in [0.25, 0.3) is 10.9 Å². The molecule has 0 unspecified atom stereocenters. The zero-order chi connectivity index (χ0) is 25.8. The number of hydrogen-bond acceptors (Lipinski definition) is 7. The number of aromatic nitrogens is 3. The van der Waals surface area contributed by atoms with Crippen molar-refractivity contribution in [2.75, 3.05) is 44.3 Å². The van der Waals surface area contributed by atoms with Crippen molar-refractivity contribution in [1.29, 1.82) is 0 Å². The SMILES string of the molecule is CN1CCN(Cc2ccc(NC(=O)c3cncc(C#Cc4cnc(N)c5ncccc45)c3)cc2F)CC1. The number of hydrogen-bond donors (Lipinski definition) is 2. The van der Waals surface area contributed by atoms with Gasteiger partial charge < -0.3 is 16.0 Å². The lowest BCUT2D eigenvalue weighted by atomic mass is 10.1. The number of benzene rings is 1. The Morgan fingerprint density at radius 3 is 2.73 bits per heavy atom.